The fourth-order valence-corrected chi connectivity index (χ4v) is 0.824. The van der Waals surface area contributed by atoms with Gasteiger partial charge in [-0.3, -0.25) is 0 Å². The average Bonchev–Trinajstić information content (AvgIpc) is 2.07. The number of ether oxygens (including phenoxy) is 1. The Labute approximate surface area is 65.7 Å². The molecule has 0 amide bonds. The van der Waals surface area contributed by atoms with Crippen molar-refractivity contribution < 1.29 is 9.53 Å². The van der Waals surface area contributed by atoms with E-state index in [9.17, 15) is 4.79 Å². The van der Waals surface area contributed by atoms with Crippen molar-refractivity contribution in [3.8, 4) is 0 Å². The first-order valence-electron chi connectivity index (χ1n) is 3.60. The van der Waals surface area contributed by atoms with Gasteiger partial charge in [-0.15, -0.1) is 0 Å². The van der Waals surface area contributed by atoms with Crippen molar-refractivity contribution in [2.75, 3.05) is 6.61 Å². The average molecular weight is 153 g/mol. The van der Waals surface area contributed by atoms with Gasteiger partial charge < -0.3 is 10.1 Å². The highest BCUT2D eigenvalue weighted by Crippen LogP contribution is 1.96. The fourth-order valence-electron chi connectivity index (χ4n) is 0.824. The van der Waals surface area contributed by atoms with Crippen LogP contribution in [0.4, 0.5) is 0 Å². The van der Waals surface area contributed by atoms with Crippen LogP contribution in [0.2, 0.25) is 0 Å². The lowest BCUT2D eigenvalue weighted by Crippen LogP contribution is -2.34. The zero-order valence-electron chi connectivity index (χ0n) is 6.41. The highest BCUT2D eigenvalue weighted by Gasteiger charge is 2.14. The number of allylic oxidation sites excluding steroid dienone is 2. The number of hydrogen-bond donors (Lipinski definition) is 1. The van der Waals surface area contributed by atoms with Gasteiger partial charge >= 0.3 is 5.97 Å². The predicted molar refractivity (Wildman–Crippen MR) is 41.8 cm³/mol. The van der Waals surface area contributed by atoms with E-state index in [1.165, 1.54) is 0 Å². The number of hydrogen-bond acceptors (Lipinski definition) is 3. The van der Waals surface area contributed by atoms with E-state index in [1.807, 2.05) is 12.2 Å². The van der Waals surface area contributed by atoms with Gasteiger partial charge in [-0.1, -0.05) is 12.2 Å². The van der Waals surface area contributed by atoms with E-state index >= 15 is 0 Å². The van der Waals surface area contributed by atoms with Crippen LogP contribution in [0, 0.1) is 0 Å². The minimum atomic E-state index is -0.306. The monoisotopic (exact) mass is 153 g/mol. The Bertz CT molecular complexity index is 196. The molecule has 0 aromatic heterocycles. The van der Waals surface area contributed by atoms with Crippen molar-refractivity contribution in [3.05, 3.63) is 24.4 Å². The molecule has 1 rings (SSSR count). The highest BCUT2D eigenvalue weighted by atomic mass is 16.5. The highest BCUT2D eigenvalue weighted by molar-refractivity contribution is 5.78. The maximum absolute atomic E-state index is 11.0. The van der Waals surface area contributed by atoms with Crippen LogP contribution in [0.15, 0.2) is 24.4 Å². The second-order valence-corrected chi connectivity index (χ2v) is 2.14. The van der Waals surface area contributed by atoms with Gasteiger partial charge in [0.2, 0.25) is 0 Å². The summed E-state index contributed by atoms with van der Waals surface area (Å²) in [5, 5.41) is 2.86. The number of esters is 1. The molecule has 3 heteroatoms. The molecule has 0 aromatic rings. The SMILES string of the molecule is CCOC(=O)C1C=CC=CN1. The predicted octanol–water partition coefficient (Wildman–Crippen LogP) is 0.591. The summed E-state index contributed by atoms with van der Waals surface area (Å²) in [5.41, 5.74) is 0. The third-order valence-corrected chi connectivity index (χ3v) is 1.33. The van der Waals surface area contributed by atoms with Gasteiger partial charge in [-0.2, -0.15) is 0 Å². The van der Waals surface area contributed by atoms with E-state index in [2.05, 4.69) is 5.32 Å². The zero-order valence-corrected chi connectivity index (χ0v) is 6.41. The maximum Gasteiger partial charge on any atom is 0.332 e. The van der Waals surface area contributed by atoms with Crippen LogP contribution in [-0.2, 0) is 9.53 Å². The number of carbonyl (C=O) groups is 1. The van der Waals surface area contributed by atoms with Gasteiger partial charge in [-0.05, 0) is 19.2 Å². The molecule has 0 aromatic carbocycles. The summed E-state index contributed by atoms with van der Waals surface area (Å²) in [6.45, 7) is 2.22. The second-order valence-electron chi connectivity index (χ2n) is 2.14. The van der Waals surface area contributed by atoms with E-state index in [1.54, 1.807) is 19.2 Å². The van der Waals surface area contributed by atoms with E-state index in [4.69, 9.17) is 4.74 Å². The van der Waals surface area contributed by atoms with Crippen molar-refractivity contribution in [1.82, 2.24) is 5.32 Å². The Kier molecular flexibility index (Phi) is 2.72. The Morgan fingerprint density at radius 2 is 2.45 bits per heavy atom. The summed E-state index contributed by atoms with van der Waals surface area (Å²) in [6, 6.07) is -0.306. The van der Waals surface area contributed by atoms with E-state index in [0.29, 0.717) is 6.61 Å². The van der Waals surface area contributed by atoms with Crippen LogP contribution >= 0.6 is 0 Å². The minimum Gasteiger partial charge on any atom is -0.464 e. The van der Waals surface area contributed by atoms with Crippen molar-refractivity contribution >= 4 is 5.97 Å². The molecule has 0 aliphatic carbocycles. The van der Waals surface area contributed by atoms with Gasteiger partial charge in [0.25, 0.3) is 0 Å². The van der Waals surface area contributed by atoms with Crippen molar-refractivity contribution in [1.29, 1.82) is 0 Å². The van der Waals surface area contributed by atoms with E-state index < -0.39 is 0 Å². The summed E-state index contributed by atoms with van der Waals surface area (Å²) >= 11 is 0. The molecule has 0 bridgehead atoms. The summed E-state index contributed by atoms with van der Waals surface area (Å²) in [7, 11) is 0. The van der Waals surface area contributed by atoms with Crippen LogP contribution < -0.4 is 5.32 Å². The molecular weight excluding hydrogens is 142 g/mol. The minimum absolute atomic E-state index is 0.229. The molecule has 11 heavy (non-hydrogen) atoms. The Morgan fingerprint density at radius 3 is 3.00 bits per heavy atom. The number of rotatable bonds is 2. The van der Waals surface area contributed by atoms with Crippen LogP contribution in [0.5, 0.6) is 0 Å². The molecule has 0 saturated heterocycles. The van der Waals surface area contributed by atoms with Gasteiger partial charge in [0.05, 0.1) is 6.61 Å². The number of nitrogens with one attached hydrogen (secondary N) is 1. The molecule has 1 atom stereocenters. The lowest BCUT2D eigenvalue weighted by Gasteiger charge is -2.13. The zero-order chi connectivity index (χ0) is 8.10. The van der Waals surface area contributed by atoms with Crippen LogP contribution in [0.3, 0.4) is 0 Å². The maximum atomic E-state index is 11.0. The summed E-state index contributed by atoms with van der Waals surface area (Å²) in [5.74, 6) is -0.229. The lowest BCUT2D eigenvalue weighted by molar-refractivity contribution is -0.144. The molecule has 1 heterocycles. The van der Waals surface area contributed by atoms with E-state index in [-0.39, 0.29) is 12.0 Å². The molecule has 1 aliphatic heterocycles. The normalized spacial score (nSPS) is 21.0. The molecule has 0 saturated carbocycles. The summed E-state index contributed by atoms with van der Waals surface area (Å²) < 4.78 is 4.79. The molecule has 60 valence electrons. The molecule has 3 nitrogen and oxygen atoms in total. The molecule has 0 radical (unpaired) electrons. The number of dihydropyridines is 1. The Hall–Kier alpha value is -1.25. The first-order valence-corrected chi connectivity index (χ1v) is 3.60. The standard InChI is InChI=1S/C8H11NO2/c1-2-11-8(10)7-5-3-4-6-9-7/h3-7,9H,2H2,1H3. The number of carbonyl (C=O) groups excluding carboxylic acids is 1. The third-order valence-electron chi connectivity index (χ3n) is 1.33. The van der Waals surface area contributed by atoms with Gasteiger partial charge in [0.15, 0.2) is 0 Å². The van der Waals surface area contributed by atoms with E-state index in [0.717, 1.165) is 0 Å². The smallest absolute Gasteiger partial charge is 0.332 e. The molecule has 1 N–H and O–H groups in total. The molecule has 1 unspecified atom stereocenters. The van der Waals surface area contributed by atoms with Crippen molar-refractivity contribution in [2.24, 2.45) is 0 Å². The van der Waals surface area contributed by atoms with Crippen LogP contribution in [-0.4, -0.2) is 18.6 Å². The molecule has 0 fully saturated rings. The third kappa shape index (κ3) is 2.11. The molecule has 0 spiro atoms. The first-order chi connectivity index (χ1) is 5.34. The van der Waals surface area contributed by atoms with Crippen molar-refractivity contribution in [2.45, 2.75) is 13.0 Å². The van der Waals surface area contributed by atoms with Crippen LogP contribution in [0.1, 0.15) is 6.92 Å². The quantitative estimate of drug-likeness (QED) is 0.590. The first kappa shape index (κ1) is 7.85. The largest absolute Gasteiger partial charge is 0.464 e. The van der Waals surface area contributed by atoms with Gasteiger partial charge in [0.1, 0.15) is 6.04 Å². The molecular formula is C8H11NO2. The van der Waals surface area contributed by atoms with Crippen LogP contribution in [0.25, 0.3) is 0 Å². The van der Waals surface area contributed by atoms with Gasteiger partial charge in [-0.25, -0.2) is 4.79 Å². The Morgan fingerprint density at radius 1 is 1.64 bits per heavy atom. The topological polar surface area (TPSA) is 38.3 Å². The lowest BCUT2D eigenvalue weighted by atomic mass is 10.2. The Balaban J connectivity index is 2.42. The summed E-state index contributed by atoms with van der Waals surface area (Å²) in [4.78, 5) is 11.0. The molecule has 1 aliphatic rings. The summed E-state index contributed by atoms with van der Waals surface area (Å²) in [6.07, 6.45) is 7.13. The van der Waals surface area contributed by atoms with Crippen molar-refractivity contribution in [3.63, 3.8) is 0 Å². The fraction of sp³-hybridized carbons (Fsp3) is 0.375. The van der Waals surface area contributed by atoms with Gasteiger partial charge in [0, 0.05) is 0 Å². The second kappa shape index (κ2) is 3.81.